The largest absolute Gasteiger partial charge is 0.493 e. The van der Waals surface area contributed by atoms with Gasteiger partial charge in [0.2, 0.25) is 0 Å². The number of hydrazone groups is 1. The Balaban J connectivity index is 1.69. The van der Waals surface area contributed by atoms with E-state index in [1.54, 1.807) is 60.7 Å². The Bertz CT molecular complexity index is 1200. The van der Waals surface area contributed by atoms with Gasteiger partial charge in [0.1, 0.15) is 0 Å². The molecule has 0 aliphatic rings. The molecule has 3 aromatic rings. The van der Waals surface area contributed by atoms with Gasteiger partial charge in [-0.15, -0.1) is 0 Å². The summed E-state index contributed by atoms with van der Waals surface area (Å²) in [5.41, 5.74) is 3.64. The van der Waals surface area contributed by atoms with Gasteiger partial charge in [0, 0.05) is 5.56 Å². The summed E-state index contributed by atoms with van der Waals surface area (Å²) in [5, 5.41) is 4.25. The molecule has 3 rings (SSSR count). The second-order valence-corrected chi connectivity index (χ2v) is 6.96. The maximum absolute atomic E-state index is 12.4. The Morgan fingerprint density at radius 2 is 1.52 bits per heavy atom. The van der Waals surface area contributed by atoms with Crippen LogP contribution in [-0.2, 0) is 0 Å². The molecule has 0 saturated carbocycles. The lowest BCUT2D eigenvalue weighted by atomic mass is 10.2. The van der Waals surface area contributed by atoms with Crippen molar-refractivity contribution in [1.82, 2.24) is 5.43 Å². The topological polar surface area (TPSA) is 95.5 Å². The Kier molecular flexibility index (Phi) is 7.88. The molecule has 0 atom stereocenters. The molecule has 1 amide bonds. The fourth-order valence-electron chi connectivity index (χ4n) is 2.84. The average molecular weight is 469 g/mol. The summed E-state index contributed by atoms with van der Waals surface area (Å²) < 4.78 is 21.1. The molecular weight excluding hydrogens is 448 g/mol. The van der Waals surface area contributed by atoms with Gasteiger partial charge in [-0.25, -0.2) is 10.2 Å². The summed E-state index contributed by atoms with van der Waals surface area (Å²) in [6.45, 7) is 0. The van der Waals surface area contributed by atoms with Gasteiger partial charge in [0.25, 0.3) is 5.91 Å². The number of nitrogens with one attached hydrogen (secondary N) is 1. The van der Waals surface area contributed by atoms with Gasteiger partial charge in [-0.05, 0) is 54.1 Å². The van der Waals surface area contributed by atoms with Crippen LogP contribution in [0.5, 0.6) is 23.0 Å². The van der Waals surface area contributed by atoms with E-state index in [1.165, 1.54) is 27.5 Å². The molecule has 8 nitrogen and oxygen atoms in total. The van der Waals surface area contributed by atoms with Crippen LogP contribution in [0, 0.1) is 0 Å². The lowest BCUT2D eigenvalue weighted by molar-refractivity contribution is 0.0729. The number of esters is 1. The van der Waals surface area contributed by atoms with Crippen molar-refractivity contribution in [3.05, 3.63) is 82.4 Å². The van der Waals surface area contributed by atoms with Crippen molar-refractivity contribution in [3.8, 4) is 23.0 Å². The van der Waals surface area contributed by atoms with E-state index in [0.29, 0.717) is 28.4 Å². The number of methoxy groups -OCH3 is 3. The lowest BCUT2D eigenvalue weighted by Gasteiger charge is -2.10. The van der Waals surface area contributed by atoms with Crippen LogP contribution in [0.2, 0.25) is 5.02 Å². The van der Waals surface area contributed by atoms with E-state index >= 15 is 0 Å². The van der Waals surface area contributed by atoms with Crippen LogP contribution in [0.15, 0.2) is 65.8 Å². The zero-order valence-electron chi connectivity index (χ0n) is 18.1. The van der Waals surface area contributed by atoms with Gasteiger partial charge in [-0.3, -0.25) is 4.79 Å². The van der Waals surface area contributed by atoms with Gasteiger partial charge in [0.05, 0.1) is 38.1 Å². The van der Waals surface area contributed by atoms with Crippen molar-refractivity contribution < 1.29 is 28.5 Å². The minimum atomic E-state index is -0.609. The van der Waals surface area contributed by atoms with Gasteiger partial charge < -0.3 is 18.9 Å². The molecule has 0 aliphatic heterocycles. The molecule has 9 heteroatoms. The normalized spacial score (nSPS) is 10.5. The van der Waals surface area contributed by atoms with Crippen LogP contribution in [0.3, 0.4) is 0 Å². The number of benzene rings is 3. The first-order valence-corrected chi connectivity index (χ1v) is 10.0. The van der Waals surface area contributed by atoms with Crippen molar-refractivity contribution in [2.45, 2.75) is 0 Å². The van der Waals surface area contributed by atoms with Crippen molar-refractivity contribution >= 4 is 29.7 Å². The average Bonchev–Trinajstić information content (AvgIpc) is 2.84. The maximum Gasteiger partial charge on any atom is 0.345 e. The molecule has 33 heavy (non-hydrogen) atoms. The second kappa shape index (κ2) is 11.0. The summed E-state index contributed by atoms with van der Waals surface area (Å²) in [7, 11) is 4.45. The minimum Gasteiger partial charge on any atom is -0.493 e. The molecule has 0 aliphatic carbocycles. The molecule has 0 radical (unpaired) electrons. The fourth-order valence-corrected chi connectivity index (χ4v) is 3.05. The van der Waals surface area contributed by atoms with Crippen LogP contribution < -0.4 is 24.4 Å². The van der Waals surface area contributed by atoms with Gasteiger partial charge in [0.15, 0.2) is 23.0 Å². The number of amides is 1. The number of nitrogens with zero attached hydrogens (tertiary/aromatic N) is 1. The third-order valence-electron chi connectivity index (χ3n) is 4.51. The first kappa shape index (κ1) is 23.6. The van der Waals surface area contributed by atoms with Crippen LogP contribution >= 0.6 is 11.6 Å². The molecule has 0 heterocycles. The highest BCUT2D eigenvalue weighted by Crippen LogP contribution is 2.29. The lowest BCUT2D eigenvalue weighted by Crippen LogP contribution is -2.17. The first-order valence-electron chi connectivity index (χ1n) is 9.67. The summed E-state index contributed by atoms with van der Waals surface area (Å²) in [6.07, 6.45) is 1.43. The van der Waals surface area contributed by atoms with Crippen molar-refractivity contribution in [2.75, 3.05) is 21.3 Å². The summed E-state index contributed by atoms with van der Waals surface area (Å²) in [5.74, 6) is 0.437. The number of carbonyl (C=O) groups excluding carboxylic acids is 2. The second-order valence-electron chi connectivity index (χ2n) is 6.55. The molecule has 0 bridgehead atoms. The van der Waals surface area contributed by atoms with E-state index in [1.807, 2.05) is 0 Å². The fraction of sp³-hybridized carbons (Fsp3) is 0.125. The molecule has 170 valence electrons. The quantitative estimate of drug-likeness (QED) is 0.228. The third-order valence-corrected chi connectivity index (χ3v) is 4.84. The van der Waals surface area contributed by atoms with Crippen LogP contribution in [0.4, 0.5) is 0 Å². The number of carbonyl (C=O) groups is 2. The molecule has 1 N–H and O–H groups in total. The van der Waals surface area contributed by atoms with E-state index in [0.717, 1.165) is 0 Å². The number of ether oxygens (including phenoxy) is 4. The Morgan fingerprint density at radius 3 is 2.21 bits per heavy atom. The summed E-state index contributed by atoms with van der Waals surface area (Å²) in [4.78, 5) is 24.8. The Hall–Kier alpha value is -4.04. The van der Waals surface area contributed by atoms with Gasteiger partial charge >= 0.3 is 5.97 Å². The molecule has 0 saturated heterocycles. The van der Waals surface area contributed by atoms with Crippen LogP contribution in [0.1, 0.15) is 26.3 Å². The Labute approximate surface area is 195 Å². The predicted molar refractivity (Wildman–Crippen MR) is 124 cm³/mol. The van der Waals surface area contributed by atoms with E-state index in [9.17, 15) is 9.59 Å². The van der Waals surface area contributed by atoms with Crippen molar-refractivity contribution in [3.63, 3.8) is 0 Å². The van der Waals surface area contributed by atoms with Gasteiger partial charge in [-0.1, -0.05) is 23.7 Å². The van der Waals surface area contributed by atoms with E-state index in [2.05, 4.69) is 10.5 Å². The third kappa shape index (κ3) is 5.81. The van der Waals surface area contributed by atoms with Crippen molar-refractivity contribution in [2.24, 2.45) is 5.10 Å². The van der Waals surface area contributed by atoms with Crippen molar-refractivity contribution in [1.29, 1.82) is 0 Å². The van der Waals surface area contributed by atoms with Crippen LogP contribution in [-0.4, -0.2) is 39.4 Å². The minimum absolute atomic E-state index is 0.217. The number of rotatable bonds is 8. The maximum atomic E-state index is 12.4. The zero-order chi connectivity index (χ0) is 23.8. The molecule has 0 spiro atoms. The number of hydrogen-bond donors (Lipinski definition) is 1. The number of halogens is 1. The SMILES string of the molecule is COc1ccc(C(=O)N/N=C/c2ccc(OC(=O)c3ccccc3Cl)c(OC)c2)cc1OC. The predicted octanol–water partition coefficient (Wildman–Crippen LogP) is 4.35. The highest BCUT2D eigenvalue weighted by molar-refractivity contribution is 6.33. The monoisotopic (exact) mass is 468 g/mol. The zero-order valence-corrected chi connectivity index (χ0v) is 18.9. The van der Waals surface area contributed by atoms with E-state index < -0.39 is 11.9 Å². The van der Waals surface area contributed by atoms with Gasteiger partial charge in [-0.2, -0.15) is 5.10 Å². The molecule has 0 aromatic heterocycles. The van der Waals surface area contributed by atoms with E-state index in [-0.39, 0.29) is 16.3 Å². The number of hydrogen-bond acceptors (Lipinski definition) is 7. The Morgan fingerprint density at radius 1 is 0.848 bits per heavy atom. The first-order chi connectivity index (χ1) is 16.0. The standard InChI is InChI=1S/C24H21ClN2O6/c1-30-19-11-9-16(13-22(19)32-3)23(28)27-26-14-15-8-10-20(21(12-15)31-2)33-24(29)17-6-4-5-7-18(17)25/h4-14H,1-3H3,(H,27,28)/b26-14+. The molecule has 0 fully saturated rings. The van der Waals surface area contributed by atoms with Crippen LogP contribution in [0.25, 0.3) is 0 Å². The summed E-state index contributed by atoms with van der Waals surface area (Å²) in [6, 6.07) is 16.2. The molecule has 0 unspecified atom stereocenters. The molecule has 3 aromatic carbocycles. The highest BCUT2D eigenvalue weighted by atomic mass is 35.5. The summed E-state index contributed by atoms with van der Waals surface area (Å²) >= 11 is 6.05. The smallest absolute Gasteiger partial charge is 0.345 e. The molecular formula is C24H21ClN2O6. The highest BCUT2D eigenvalue weighted by Gasteiger charge is 2.15. The van der Waals surface area contributed by atoms with E-state index in [4.69, 9.17) is 30.5 Å².